The molecule has 118 valence electrons. The van der Waals surface area contributed by atoms with Crippen LogP contribution >= 0.6 is 0 Å². The average Bonchev–Trinajstić information content (AvgIpc) is 2.51. The zero-order chi connectivity index (χ0) is 15.2. The molecule has 1 aromatic rings. The van der Waals surface area contributed by atoms with E-state index in [1.807, 2.05) is 6.92 Å². The summed E-state index contributed by atoms with van der Waals surface area (Å²) in [7, 11) is 0. The number of nitrogen functional groups attached to an aromatic ring is 1. The van der Waals surface area contributed by atoms with E-state index in [4.69, 9.17) is 10.6 Å². The Morgan fingerprint density at radius 2 is 1.95 bits per heavy atom. The largest absolute Gasteiger partial charge is 0.381 e. The van der Waals surface area contributed by atoms with Crippen molar-refractivity contribution in [2.24, 2.45) is 11.8 Å². The van der Waals surface area contributed by atoms with E-state index in [1.165, 1.54) is 0 Å². The fraction of sp³-hybridized carbons (Fsp3) is 0.733. The van der Waals surface area contributed by atoms with Gasteiger partial charge in [-0.3, -0.25) is 0 Å². The van der Waals surface area contributed by atoms with Crippen molar-refractivity contribution in [3.63, 3.8) is 0 Å². The number of ether oxygens (including phenoxy) is 1. The molecule has 2 rings (SSSR count). The third-order valence-corrected chi connectivity index (χ3v) is 4.14. The van der Waals surface area contributed by atoms with Crippen LogP contribution in [-0.4, -0.2) is 29.2 Å². The van der Waals surface area contributed by atoms with Crippen molar-refractivity contribution in [1.82, 2.24) is 9.97 Å². The smallest absolute Gasteiger partial charge is 0.148 e. The summed E-state index contributed by atoms with van der Waals surface area (Å²) in [4.78, 5) is 9.11. The summed E-state index contributed by atoms with van der Waals surface area (Å²) in [5, 5.41) is 3.55. The van der Waals surface area contributed by atoms with Crippen molar-refractivity contribution in [2.75, 3.05) is 24.0 Å². The van der Waals surface area contributed by atoms with Gasteiger partial charge in [0.25, 0.3) is 0 Å². The Balaban J connectivity index is 2.15. The lowest BCUT2D eigenvalue weighted by Crippen LogP contribution is -2.31. The topological polar surface area (TPSA) is 85.1 Å². The van der Waals surface area contributed by atoms with E-state index in [0.717, 1.165) is 56.1 Å². The van der Waals surface area contributed by atoms with Crippen LogP contribution in [0.2, 0.25) is 0 Å². The van der Waals surface area contributed by atoms with Gasteiger partial charge in [-0.25, -0.2) is 15.8 Å². The molecule has 0 aliphatic carbocycles. The third kappa shape index (κ3) is 4.04. The Morgan fingerprint density at radius 3 is 2.57 bits per heavy atom. The normalized spacial score (nSPS) is 17.5. The third-order valence-electron chi connectivity index (χ3n) is 4.14. The monoisotopic (exact) mass is 293 g/mol. The first-order chi connectivity index (χ1) is 10.2. The number of hydrogen-bond acceptors (Lipinski definition) is 6. The molecule has 1 aliphatic rings. The van der Waals surface area contributed by atoms with Crippen LogP contribution in [0.15, 0.2) is 0 Å². The Kier molecular flexibility index (Phi) is 5.76. The molecule has 0 aromatic carbocycles. The Morgan fingerprint density at radius 1 is 1.29 bits per heavy atom. The molecule has 0 radical (unpaired) electrons. The van der Waals surface area contributed by atoms with Crippen molar-refractivity contribution < 1.29 is 4.74 Å². The van der Waals surface area contributed by atoms with E-state index >= 15 is 0 Å². The van der Waals surface area contributed by atoms with Gasteiger partial charge in [0.1, 0.15) is 17.5 Å². The van der Waals surface area contributed by atoms with Crippen molar-refractivity contribution in [2.45, 2.75) is 52.5 Å². The predicted molar refractivity (Wildman–Crippen MR) is 85.2 cm³/mol. The summed E-state index contributed by atoms with van der Waals surface area (Å²) < 4.78 is 5.43. The van der Waals surface area contributed by atoms with Gasteiger partial charge in [0.15, 0.2) is 0 Å². The fourth-order valence-electron chi connectivity index (χ4n) is 2.73. The number of rotatable bonds is 6. The van der Waals surface area contributed by atoms with Crippen LogP contribution in [0.25, 0.3) is 0 Å². The zero-order valence-corrected chi connectivity index (χ0v) is 13.3. The molecule has 1 unspecified atom stereocenters. The first-order valence-corrected chi connectivity index (χ1v) is 7.84. The second-order valence-electron chi connectivity index (χ2n) is 5.74. The molecule has 0 bridgehead atoms. The predicted octanol–water partition coefficient (Wildman–Crippen LogP) is 2.25. The lowest BCUT2D eigenvalue weighted by molar-refractivity contribution is 0.0622. The number of nitrogens with zero attached hydrogens (tertiary/aromatic N) is 2. The number of hydrazine groups is 1. The van der Waals surface area contributed by atoms with Crippen LogP contribution in [0.5, 0.6) is 0 Å². The summed E-state index contributed by atoms with van der Waals surface area (Å²) >= 11 is 0. The zero-order valence-electron chi connectivity index (χ0n) is 13.3. The highest BCUT2D eigenvalue weighted by Crippen LogP contribution is 2.25. The van der Waals surface area contributed by atoms with E-state index in [1.54, 1.807) is 0 Å². The molecular weight excluding hydrogens is 266 g/mol. The Labute approximate surface area is 126 Å². The highest BCUT2D eigenvalue weighted by Gasteiger charge is 2.22. The Hall–Kier alpha value is -1.40. The van der Waals surface area contributed by atoms with E-state index in [9.17, 15) is 0 Å². The fourth-order valence-corrected chi connectivity index (χ4v) is 2.73. The van der Waals surface area contributed by atoms with Gasteiger partial charge in [0.05, 0.1) is 0 Å². The molecule has 1 fully saturated rings. The molecule has 0 saturated carbocycles. The van der Waals surface area contributed by atoms with Crippen LogP contribution in [0.1, 0.15) is 44.5 Å². The van der Waals surface area contributed by atoms with E-state index in [-0.39, 0.29) is 0 Å². The molecule has 1 aliphatic heterocycles. The number of nitrogens with two attached hydrogens (primary N) is 1. The van der Waals surface area contributed by atoms with Crippen LogP contribution in [-0.2, 0) is 11.2 Å². The molecule has 2 heterocycles. The quantitative estimate of drug-likeness (QED) is 0.551. The molecule has 1 atom stereocenters. The second-order valence-corrected chi connectivity index (χ2v) is 5.74. The molecule has 1 aromatic heterocycles. The molecule has 1 saturated heterocycles. The number of nitrogens with one attached hydrogen (secondary N) is 2. The van der Waals surface area contributed by atoms with Crippen LogP contribution in [0.4, 0.5) is 11.6 Å². The highest BCUT2D eigenvalue weighted by atomic mass is 16.5. The summed E-state index contributed by atoms with van der Waals surface area (Å²) in [5.74, 6) is 8.62. The van der Waals surface area contributed by atoms with Gasteiger partial charge >= 0.3 is 0 Å². The standard InChI is InChI=1S/C15H27N5O/c1-4-5-13-18-14(10(2)15(19-13)20-16)17-11(3)12-6-8-21-9-7-12/h11-12H,4-9,16H2,1-3H3,(H2,17,18,19,20). The van der Waals surface area contributed by atoms with Crippen molar-refractivity contribution in [1.29, 1.82) is 0 Å². The number of anilines is 2. The van der Waals surface area contributed by atoms with Crippen LogP contribution in [0.3, 0.4) is 0 Å². The maximum atomic E-state index is 5.57. The molecule has 0 amide bonds. The van der Waals surface area contributed by atoms with Crippen molar-refractivity contribution >= 4 is 11.6 Å². The molecule has 6 heteroatoms. The minimum atomic E-state index is 0.364. The highest BCUT2D eigenvalue weighted by molar-refractivity contribution is 5.57. The maximum absolute atomic E-state index is 5.57. The summed E-state index contributed by atoms with van der Waals surface area (Å²) in [6.07, 6.45) is 4.07. The van der Waals surface area contributed by atoms with Gasteiger partial charge in [0.2, 0.25) is 0 Å². The van der Waals surface area contributed by atoms with Crippen molar-refractivity contribution in [3.8, 4) is 0 Å². The average molecular weight is 293 g/mol. The van der Waals surface area contributed by atoms with Gasteiger partial charge in [-0.1, -0.05) is 6.92 Å². The van der Waals surface area contributed by atoms with Gasteiger partial charge in [-0.15, -0.1) is 0 Å². The van der Waals surface area contributed by atoms with Gasteiger partial charge in [-0.05, 0) is 39.0 Å². The number of aryl methyl sites for hydroxylation is 1. The summed E-state index contributed by atoms with van der Waals surface area (Å²) in [5.41, 5.74) is 3.64. The SMILES string of the molecule is CCCc1nc(NN)c(C)c(NC(C)C2CCOCC2)n1. The first-order valence-electron chi connectivity index (χ1n) is 7.84. The van der Waals surface area contributed by atoms with E-state index < -0.39 is 0 Å². The maximum Gasteiger partial charge on any atom is 0.148 e. The molecule has 21 heavy (non-hydrogen) atoms. The van der Waals surface area contributed by atoms with E-state index in [2.05, 4.69) is 34.6 Å². The molecule has 0 spiro atoms. The second kappa shape index (κ2) is 7.56. The molecule has 4 N–H and O–H groups in total. The molecule has 6 nitrogen and oxygen atoms in total. The van der Waals surface area contributed by atoms with Gasteiger partial charge in [-0.2, -0.15) is 0 Å². The van der Waals surface area contributed by atoms with Crippen LogP contribution in [0, 0.1) is 12.8 Å². The Bertz CT molecular complexity index is 460. The summed E-state index contributed by atoms with van der Waals surface area (Å²) in [6, 6.07) is 0.364. The van der Waals surface area contributed by atoms with Gasteiger partial charge < -0.3 is 15.5 Å². The van der Waals surface area contributed by atoms with Gasteiger partial charge in [0, 0.05) is 31.2 Å². The minimum absolute atomic E-state index is 0.364. The lowest BCUT2D eigenvalue weighted by atomic mass is 9.93. The summed E-state index contributed by atoms with van der Waals surface area (Å²) in [6.45, 7) is 8.04. The number of aromatic nitrogens is 2. The lowest BCUT2D eigenvalue weighted by Gasteiger charge is -2.29. The first kappa shape index (κ1) is 16.0. The van der Waals surface area contributed by atoms with Crippen LogP contribution < -0.4 is 16.6 Å². The van der Waals surface area contributed by atoms with Crippen molar-refractivity contribution in [3.05, 3.63) is 11.4 Å². The molecular formula is C15H27N5O. The van der Waals surface area contributed by atoms with E-state index in [0.29, 0.717) is 17.8 Å². The number of hydrogen-bond donors (Lipinski definition) is 3. The minimum Gasteiger partial charge on any atom is -0.381 e.